The second-order valence-electron chi connectivity index (χ2n) is 14.1. The zero-order valence-corrected chi connectivity index (χ0v) is 30.1. The lowest BCUT2D eigenvalue weighted by Crippen LogP contribution is -2.67. The molecule has 13 N–H and O–H groups in total. The average Bonchev–Trinajstić information content (AvgIpc) is 3.19. The summed E-state index contributed by atoms with van der Waals surface area (Å²) in [5.74, 6) is 0.0660. The molecule has 1 aromatic carbocycles. The van der Waals surface area contributed by atoms with Crippen molar-refractivity contribution in [1.82, 2.24) is 0 Å². The van der Waals surface area contributed by atoms with Gasteiger partial charge in [0.1, 0.15) is 109 Å². The van der Waals surface area contributed by atoms with Gasteiger partial charge < -0.3 is 109 Å². The monoisotopic (exact) mass is 824 g/mol. The van der Waals surface area contributed by atoms with Crippen LogP contribution in [0.3, 0.4) is 0 Å². The minimum atomic E-state index is -2.05. The van der Waals surface area contributed by atoms with Crippen LogP contribution in [0.4, 0.5) is 0 Å². The Bertz CT molecular complexity index is 1670. The minimum absolute atomic E-state index is 0.0660. The van der Waals surface area contributed by atoms with E-state index in [9.17, 15) is 71.2 Å². The molecular formula is C34H48O23. The molecule has 23 heteroatoms. The number of ether oxygens (including phenoxy) is 8. The van der Waals surface area contributed by atoms with Crippen LogP contribution >= 0.6 is 0 Å². The van der Waals surface area contributed by atoms with E-state index in [1.807, 2.05) is 0 Å². The largest absolute Gasteiger partial charge is 0.462 e. The van der Waals surface area contributed by atoms with Gasteiger partial charge in [0, 0.05) is 17.5 Å². The molecule has 8 unspecified atom stereocenters. The number of fused-ring (bicyclic) bond motifs is 1. The maximum Gasteiger partial charge on any atom is 0.336 e. The SMILES string of the molecule is Cc1cc(=O)oc2cc(O[C@@H]3OC(CO)[C@@H](O[C@@H]4OC(CO)[C@@H](O[C@@H]5OC(CO)[C@@H](O[C@@H]6OC(CO)[C@@H](O)[C@H](O)C6O)[C@H](O)C5O)[C@H](O)C4O)[C@H](O)C3O)ccc12. The summed E-state index contributed by atoms with van der Waals surface area (Å²) >= 11 is 0. The number of aliphatic hydroxyl groups excluding tert-OH is 13. The number of aliphatic hydroxyl groups is 13. The number of hydrogen-bond acceptors (Lipinski definition) is 23. The van der Waals surface area contributed by atoms with E-state index in [1.165, 1.54) is 18.2 Å². The molecule has 0 amide bonds. The van der Waals surface area contributed by atoms with Gasteiger partial charge in [-0.2, -0.15) is 0 Å². The molecule has 4 saturated heterocycles. The summed E-state index contributed by atoms with van der Waals surface area (Å²) in [6.07, 6.45) is -35.5. The first-order chi connectivity index (χ1) is 27.1. The van der Waals surface area contributed by atoms with Crippen molar-refractivity contribution >= 4 is 11.0 Å². The van der Waals surface area contributed by atoms with Crippen LogP contribution in [0, 0.1) is 6.92 Å². The van der Waals surface area contributed by atoms with Crippen molar-refractivity contribution < 1.29 is 109 Å². The summed E-state index contributed by atoms with van der Waals surface area (Å²) in [6, 6.07) is 5.76. The molecule has 0 radical (unpaired) electrons. The highest BCUT2D eigenvalue weighted by Gasteiger charge is 2.55. The van der Waals surface area contributed by atoms with Crippen molar-refractivity contribution in [3.05, 3.63) is 40.2 Å². The van der Waals surface area contributed by atoms with E-state index in [4.69, 9.17) is 42.3 Å². The Morgan fingerprint density at radius 1 is 0.509 bits per heavy atom. The van der Waals surface area contributed by atoms with Gasteiger partial charge in [0.25, 0.3) is 0 Å². The third-order valence-corrected chi connectivity index (χ3v) is 10.4. The number of hydrogen-bond donors (Lipinski definition) is 13. The van der Waals surface area contributed by atoms with Gasteiger partial charge in [0.15, 0.2) is 18.9 Å². The smallest absolute Gasteiger partial charge is 0.336 e. The van der Waals surface area contributed by atoms with Crippen molar-refractivity contribution in [2.45, 2.75) is 130 Å². The minimum Gasteiger partial charge on any atom is -0.462 e. The highest BCUT2D eigenvalue weighted by atomic mass is 16.8. The number of aryl methyl sites for hydroxylation is 1. The van der Waals surface area contributed by atoms with E-state index in [1.54, 1.807) is 13.0 Å². The maximum atomic E-state index is 11.9. The molecule has 2 aromatic rings. The molecule has 23 nitrogen and oxygen atoms in total. The summed E-state index contributed by atoms with van der Waals surface area (Å²) in [5.41, 5.74) is 0.206. The van der Waals surface area contributed by atoms with Crippen molar-refractivity contribution in [2.75, 3.05) is 26.4 Å². The highest BCUT2D eigenvalue weighted by molar-refractivity contribution is 5.81. The molecule has 322 valence electrons. The molecule has 4 aliphatic rings. The van der Waals surface area contributed by atoms with Crippen LogP contribution < -0.4 is 10.4 Å². The van der Waals surface area contributed by atoms with Crippen molar-refractivity contribution in [1.29, 1.82) is 0 Å². The Labute approximate surface area is 321 Å². The quantitative estimate of drug-likeness (QED) is 0.0884. The van der Waals surface area contributed by atoms with Crippen LogP contribution in [0.2, 0.25) is 0 Å². The van der Waals surface area contributed by atoms with E-state index in [0.29, 0.717) is 10.9 Å². The predicted molar refractivity (Wildman–Crippen MR) is 180 cm³/mol. The Balaban J connectivity index is 1.09. The highest BCUT2D eigenvalue weighted by Crippen LogP contribution is 2.35. The molecule has 6 rings (SSSR count). The molecule has 0 bridgehead atoms. The summed E-state index contributed by atoms with van der Waals surface area (Å²) in [5, 5.41) is 137. The van der Waals surface area contributed by atoms with Gasteiger partial charge in [-0.3, -0.25) is 0 Å². The van der Waals surface area contributed by atoms with Gasteiger partial charge in [-0.25, -0.2) is 4.79 Å². The fourth-order valence-corrected chi connectivity index (χ4v) is 7.14. The van der Waals surface area contributed by atoms with Gasteiger partial charge in [0.05, 0.1) is 26.4 Å². The molecule has 57 heavy (non-hydrogen) atoms. The standard InChI is InChI=1S/C34H48O23/c1-10-4-18(39)50-13-5-11(2-3-12(10)13)49-31-25(46)21(42)28(15(7-36)52-31)56-33-27(48)23(44)30(17(9-38)54-33)57-34-26(47)22(43)29(16(8-37)53-34)55-32-24(45)20(41)19(40)14(6-35)51-32/h2-5,14-17,19-38,40-48H,6-9H2,1H3/t14?,15?,16?,17?,19-,20+,21-,22-,23-,24?,25?,26?,27?,28-,29-,30-,31-,32+,33+,34+/m1/s1. The Kier molecular flexibility index (Phi) is 14.2. The van der Waals surface area contributed by atoms with Crippen LogP contribution in [0.25, 0.3) is 11.0 Å². The summed E-state index contributed by atoms with van der Waals surface area (Å²) in [6.45, 7) is -1.75. The fraction of sp³-hybridized carbons (Fsp3) is 0.735. The van der Waals surface area contributed by atoms with Crippen molar-refractivity contribution in [2.24, 2.45) is 0 Å². The lowest BCUT2D eigenvalue weighted by molar-refractivity contribution is -0.387. The second kappa shape index (κ2) is 18.4. The second-order valence-corrected chi connectivity index (χ2v) is 14.1. The summed E-state index contributed by atoms with van der Waals surface area (Å²) < 4.78 is 49.9. The molecule has 5 heterocycles. The zero-order valence-electron chi connectivity index (χ0n) is 30.1. The average molecular weight is 825 g/mol. The predicted octanol–water partition coefficient (Wildman–Crippen LogP) is -7.25. The molecular weight excluding hydrogens is 776 g/mol. The van der Waals surface area contributed by atoms with E-state index < -0.39 is 155 Å². The molecule has 1 aromatic heterocycles. The van der Waals surface area contributed by atoms with Crippen molar-refractivity contribution in [3.63, 3.8) is 0 Å². The van der Waals surface area contributed by atoms with Crippen LogP contribution in [0.5, 0.6) is 5.75 Å². The third-order valence-electron chi connectivity index (χ3n) is 10.4. The molecule has 20 atom stereocenters. The van der Waals surface area contributed by atoms with E-state index >= 15 is 0 Å². The van der Waals surface area contributed by atoms with E-state index in [2.05, 4.69) is 0 Å². The van der Waals surface area contributed by atoms with E-state index in [-0.39, 0.29) is 11.3 Å². The molecule has 0 aliphatic carbocycles. The third kappa shape index (κ3) is 8.84. The molecule has 4 aliphatic heterocycles. The summed E-state index contributed by atoms with van der Waals surface area (Å²) in [4.78, 5) is 11.9. The first-order valence-electron chi connectivity index (χ1n) is 18.0. The normalized spacial score (nSPS) is 44.2. The van der Waals surface area contributed by atoms with Crippen LogP contribution in [-0.4, -0.2) is 216 Å². The Hall–Kier alpha value is -2.57. The molecule has 0 spiro atoms. The van der Waals surface area contributed by atoms with Crippen LogP contribution in [-0.2, 0) is 33.2 Å². The summed E-state index contributed by atoms with van der Waals surface area (Å²) in [7, 11) is 0. The Morgan fingerprint density at radius 3 is 1.37 bits per heavy atom. The van der Waals surface area contributed by atoms with E-state index in [0.717, 1.165) is 0 Å². The Morgan fingerprint density at radius 2 is 0.912 bits per heavy atom. The van der Waals surface area contributed by atoms with Crippen LogP contribution in [0.1, 0.15) is 5.56 Å². The fourth-order valence-electron chi connectivity index (χ4n) is 7.14. The first-order valence-corrected chi connectivity index (χ1v) is 18.0. The van der Waals surface area contributed by atoms with Gasteiger partial charge in [0.2, 0.25) is 6.29 Å². The van der Waals surface area contributed by atoms with Crippen molar-refractivity contribution in [3.8, 4) is 5.75 Å². The number of benzene rings is 1. The molecule has 0 saturated carbocycles. The van der Waals surface area contributed by atoms with Gasteiger partial charge in [-0.15, -0.1) is 0 Å². The molecule has 4 fully saturated rings. The van der Waals surface area contributed by atoms with Gasteiger partial charge in [-0.1, -0.05) is 0 Å². The first kappa shape index (κ1) is 44.0. The maximum absolute atomic E-state index is 11.9. The zero-order chi connectivity index (χ0) is 41.5. The number of rotatable bonds is 12. The lowest BCUT2D eigenvalue weighted by Gasteiger charge is -2.49. The van der Waals surface area contributed by atoms with Gasteiger partial charge in [-0.05, 0) is 24.6 Å². The topological polar surface area (TPSA) is 367 Å². The lowest BCUT2D eigenvalue weighted by atomic mass is 9.95. The van der Waals surface area contributed by atoms with Gasteiger partial charge >= 0.3 is 5.63 Å². The van der Waals surface area contributed by atoms with Crippen LogP contribution in [0.15, 0.2) is 33.5 Å².